The molecule has 178 valence electrons. The minimum Gasteiger partial charge on any atom is -0.497 e. The average Bonchev–Trinajstić information content (AvgIpc) is 3.34. The van der Waals surface area contributed by atoms with Crippen molar-refractivity contribution < 1.29 is 19.1 Å². The monoisotopic (exact) mass is 452 g/mol. The fourth-order valence-corrected chi connectivity index (χ4v) is 4.13. The SMILES string of the molecule is COc1cccc(CN(C(=O)CCCOc2ccc(C)cc2)C(C)C(=O)NC2CCCC2)c1. The third-order valence-electron chi connectivity index (χ3n) is 6.18. The molecule has 6 heteroatoms. The normalized spacial score (nSPS) is 14.5. The lowest BCUT2D eigenvalue weighted by molar-refractivity contribution is -0.141. The van der Waals surface area contributed by atoms with Crippen LogP contribution in [-0.2, 0) is 16.1 Å². The molecular formula is C27H36N2O4. The summed E-state index contributed by atoms with van der Waals surface area (Å²) in [7, 11) is 1.62. The highest BCUT2D eigenvalue weighted by Gasteiger charge is 2.28. The van der Waals surface area contributed by atoms with Crippen molar-refractivity contribution in [2.75, 3.05) is 13.7 Å². The van der Waals surface area contributed by atoms with E-state index in [1.807, 2.05) is 62.4 Å². The quantitative estimate of drug-likeness (QED) is 0.505. The van der Waals surface area contributed by atoms with Gasteiger partial charge in [0, 0.05) is 19.0 Å². The molecule has 0 heterocycles. The van der Waals surface area contributed by atoms with Crippen molar-refractivity contribution in [1.29, 1.82) is 0 Å². The van der Waals surface area contributed by atoms with E-state index < -0.39 is 6.04 Å². The molecule has 1 aliphatic rings. The minimum atomic E-state index is -0.553. The number of ether oxygens (including phenoxy) is 2. The maximum absolute atomic E-state index is 13.2. The van der Waals surface area contributed by atoms with Gasteiger partial charge in [0.15, 0.2) is 0 Å². The van der Waals surface area contributed by atoms with Crippen molar-refractivity contribution in [1.82, 2.24) is 10.2 Å². The summed E-state index contributed by atoms with van der Waals surface area (Å²) in [5.74, 6) is 1.38. The first kappa shape index (κ1) is 24.6. The number of carbonyl (C=O) groups is 2. The minimum absolute atomic E-state index is 0.0561. The number of rotatable bonds is 11. The molecule has 1 atom stereocenters. The van der Waals surface area contributed by atoms with Crippen LogP contribution in [-0.4, -0.2) is 42.5 Å². The van der Waals surface area contributed by atoms with Gasteiger partial charge in [-0.25, -0.2) is 0 Å². The van der Waals surface area contributed by atoms with Crippen molar-refractivity contribution in [3.05, 3.63) is 59.7 Å². The third-order valence-corrected chi connectivity index (χ3v) is 6.18. The Kier molecular flexibility index (Phi) is 9.16. The van der Waals surface area contributed by atoms with Crippen LogP contribution in [0.25, 0.3) is 0 Å². The number of carbonyl (C=O) groups excluding carboxylic acids is 2. The number of hydrogen-bond donors (Lipinski definition) is 1. The summed E-state index contributed by atoms with van der Waals surface area (Å²) in [4.78, 5) is 27.8. The second-order valence-corrected chi connectivity index (χ2v) is 8.80. The van der Waals surface area contributed by atoms with Gasteiger partial charge in [0.05, 0.1) is 13.7 Å². The van der Waals surface area contributed by atoms with Crippen LogP contribution in [0.2, 0.25) is 0 Å². The molecular weight excluding hydrogens is 416 g/mol. The molecule has 0 aliphatic heterocycles. The van der Waals surface area contributed by atoms with Gasteiger partial charge >= 0.3 is 0 Å². The van der Waals surface area contributed by atoms with Gasteiger partial charge in [-0.2, -0.15) is 0 Å². The number of amides is 2. The Morgan fingerprint density at radius 2 is 1.82 bits per heavy atom. The number of methoxy groups -OCH3 is 1. The predicted molar refractivity (Wildman–Crippen MR) is 129 cm³/mol. The first-order valence-electron chi connectivity index (χ1n) is 11.9. The molecule has 0 spiro atoms. The molecule has 2 aromatic carbocycles. The molecule has 1 N–H and O–H groups in total. The summed E-state index contributed by atoms with van der Waals surface area (Å²) in [5, 5.41) is 3.13. The molecule has 1 unspecified atom stereocenters. The van der Waals surface area contributed by atoms with Crippen LogP contribution in [0, 0.1) is 6.92 Å². The van der Waals surface area contributed by atoms with Crippen molar-refractivity contribution in [3.63, 3.8) is 0 Å². The van der Waals surface area contributed by atoms with E-state index in [-0.39, 0.29) is 17.9 Å². The number of nitrogens with zero attached hydrogens (tertiary/aromatic N) is 1. The summed E-state index contributed by atoms with van der Waals surface area (Å²) < 4.78 is 11.1. The lowest BCUT2D eigenvalue weighted by Gasteiger charge is -2.30. The highest BCUT2D eigenvalue weighted by atomic mass is 16.5. The summed E-state index contributed by atoms with van der Waals surface area (Å²) in [6.45, 7) is 4.65. The van der Waals surface area contributed by atoms with Crippen molar-refractivity contribution >= 4 is 11.8 Å². The van der Waals surface area contributed by atoms with Crippen LogP contribution in [0.4, 0.5) is 0 Å². The van der Waals surface area contributed by atoms with Gasteiger partial charge in [-0.1, -0.05) is 42.7 Å². The summed E-state index contributed by atoms with van der Waals surface area (Å²) in [5.41, 5.74) is 2.11. The second-order valence-electron chi connectivity index (χ2n) is 8.80. The second kappa shape index (κ2) is 12.3. The third kappa shape index (κ3) is 7.52. The van der Waals surface area contributed by atoms with E-state index in [0.29, 0.717) is 26.0 Å². The van der Waals surface area contributed by atoms with Crippen LogP contribution >= 0.6 is 0 Å². The Balaban J connectivity index is 1.61. The van der Waals surface area contributed by atoms with Gasteiger partial charge < -0.3 is 19.7 Å². The van der Waals surface area contributed by atoms with Crippen molar-refractivity contribution in [2.45, 2.75) is 71.0 Å². The van der Waals surface area contributed by atoms with Gasteiger partial charge in [-0.05, 0) is 62.9 Å². The molecule has 6 nitrogen and oxygen atoms in total. The Bertz CT molecular complexity index is 907. The van der Waals surface area contributed by atoms with E-state index in [1.54, 1.807) is 12.0 Å². The first-order chi connectivity index (χ1) is 16.0. The summed E-state index contributed by atoms with van der Waals surface area (Å²) >= 11 is 0. The Morgan fingerprint density at radius 1 is 1.09 bits per heavy atom. The number of aryl methyl sites for hydroxylation is 1. The van der Waals surface area contributed by atoms with E-state index in [9.17, 15) is 9.59 Å². The molecule has 2 aromatic rings. The molecule has 2 amide bonds. The smallest absolute Gasteiger partial charge is 0.242 e. The van der Waals surface area contributed by atoms with E-state index >= 15 is 0 Å². The molecule has 0 radical (unpaired) electrons. The Labute approximate surface area is 197 Å². The number of benzene rings is 2. The lowest BCUT2D eigenvalue weighted by atomic mass is 10.1. The first-order valence-corrected chi connectivity index (χ1v) is 11.9. The zero-order valence-electron chi connectivity index (χ0n) is 20.0. The van der Waals surface area contributed by atoms with Gasteiger partial charge in [-0.15, -0.1) is 0 Å². The topological polar surface area (TPSA) is 67.9 Å². The van der Waals surface area contributed by atoms with Gasteiger partial charge in [0.25, 0.3) is 0 Å². The zero-order chi connectivity index (χ0) is 23.6. The van der Waals surface area contributed by atoms with Crippen molar-refractivity contribution in [3.8, 4) is 11.5 Å². The fourth-order valence-electron chi connectivity index (χ4n) is 4.13. The van der Waals surface area contributed by atoms with Gasteiger partial charge in [0.2, 0.25) is 11.8 Å². The van der Waals surface area contributed by atoms with E-state index in [4.69, 9.17) is 9.47 Å². The molecule has 3 rings (SSSR count). The fraction of sp³-hybridized carbons (Fsp3) is 0.481. The van der Waals surface area contributed by atoms with Crippen LogP contribution in [0.3, 0.4) is 0 Å². The Hall–Kier alpha value is -3.02. The molecule has 1 fully saturated rings. The molecule has 1 saturated carbocycles. The highest BCUT2D eigenvalue weighted by Crippen LogP contribution is 2.20. The van der Waals surface area contributed by atoms with Crippen molar-refractivity contribution in [2.24, 2.45) is 0 Å². The van der Waals surface area contributed by atoms with Crippen LogP contribution in [0.5, 0.6) is 11.5 Å². The maximum atomic E-state index is 13.2. The number of hydrogen-bond acceptors (Lipinski definition) is 4. The lowest BCUT2D eigenvalue weighted by Crippen LogP contribution is -2.49. The molecule has 0 saturated heterocycles. The molecule has 0 bridgehead atoms. The molecule has 1 aliphatic carbocycles. The zero-order valence-corrected chi connectivity index (χ0v) is 20.0. The standard InChI is InChI=1S/C27H36N2O4/c1-20-13-15-24(16-14-20)33-17-7-12-26(30)29(19-22-8-6-11-25(18-22)32-3)21(2)27(31)28-23-9-4-5-10-23/h6,8,11,13-16,18,21,23H,4-5,7,9-10,12,17,19H2,1-3H3,(H,28,31). The molecule has 33 heavy (non-hydrogen) atoms. The average molecular weight is 453 g/mol. The van der Waals surface area contributed by atoms with E-state index in [2.05, 4.69) is 5.32 Å². The number of nitrogens with one attached hydrogen (secondary N) is 1. The molecule has 0 aromatic heterocycles. The van der Waals surface area contributed by atoms with E-state index in [1.165, 1.54) is 5.56 Å². The van der Waals surface area contributed by atoms with E-state index in [0.717, 1.165) is 42.7 Å². The van der Waals surface area contributed by atoms with Crippen LogP contribution in [0.1, 0.15) is 56.6 Å². The van der Waals surface area contributed by atoms with Gasteiger partial charge in [-0.3, -0.25) is 9.59 Å². The van der Waals surface area contributed by atoms with Gasteiger partial charge in [0.1, 0.15) is 17.5 Å². The predicted octanol–water partition coefficient (Wildman–Crippen LogP) is 4.64. The summed E-state index contributed by atoms with van der Waals surface area (Å²) in [6, 6.07) is 15.2. The summed E-state index contributed by atoms with van der Waals surface area (Å²) in [6.07, 6.45) is 5.21. The van der Waals surface area contributed by atoms with Crippen LogP contribution < -0.4 is 14.8 Å². The highest BCUT2D eigenvalue weighted by molar-refractivity contribution is 5.87. The van der Waals surface area contributed by atoms with Crippen LogP contribution in [0.15, 0.2) is 48.5 Å². The largest absolute Gasteiger partial charge is 0.497 e. The maximum Gasteiger partial charge on any atom is 0.242 e. The Morgan fingerprint density at radius 3 is 2.52 bits per heavy atom.